The lowest BCUT2D eigenvalue weighted by molar-refractivity contribution is -0.216. The third-order valence-electron chi connectivity index (χ3n) is 2.96. The van der Waals surface area contributed by atoms with E-state index in [2.05, 4.69) is 18.9 Å². The van der Waals surface area contributed by atoms with Gasteiger partial charge in [0.15, 0.2) is 5.79 Å². The number of hydrogen-bond acceptors (Lipinski definition) is 3. The van der Waals surface area contributed by atoms with Crippen molar-refractivity contribution < 1.29 is 9.47 Å². The van der Waals surface area contributed by atoms with Crippen molar-refractivity contribution in [3.63, 3.8) is 0 Å². The molecule has 0 bridgehead atoms. The Labute approximate surface area is 73.6 Å². The standard InChI is InChI=1S/C9H17NO2/c1-8-3-4-10(2)7-9(8)11-5-6-12-9/h8H,3-7H2,1-2H3. The quantitative estimate of drug-likeness (QED) is 0.535. The summed E-state index contributed by atoms with van der Waals surface area (Å²) >= 11 is 0. The summed E-state index contributed by atoms with van der Waals surface area (Å²) < 4.78 is 11.4. The number of piperidine rings is 1. The van der Waals surface area contributed by atoms with Crippen LogP contribution in [0.2, 0.25) is 0 Å². The highest BCUT2D eigenvalue weighted by atomic mass is 16.7. The fraction of sp³-hybridized carbons (Fsp3) is 1.00. The van der Waals surface area contributed by atoms with E-state index < -0.39 is 0 Å². The summed E-state index contributed by atoms with van der Waals surface area (Å²) in [5, 5.41) is 0. The third-order valence-corrected chi connectivity index (χ3v) is 2.96. The molecule has 0 saturated carbocycles. The summed E-state index contributed by atoms with van der Waals surface area (Å²) in [5.74, 6) is 0.267. The molecule has 2 aliphatic rings. The van der Waals surface area contributed by atoms with Crippen LogP contribution in [0.5, 0.6) is 0 Å². The van der Waals surface area contributed by atoms with Crippen LogP contribution in [-0.2, 0) is 9.47 Å². The molecule has 0 aromatic heterocycles. The number of rotatable bonds is 0. The van der Waals surface area contributed by atoms with E-state index in [1.807, 2.05) is 0 Å². The predicted octanol–water partition coefficient (Wildman–Crippen LogP) is 0.701. The Morgan fingerprint density at radius 1 is 1.33 bits per heavy atom. The molecule has 2 heterocycles. The highest BCUT2D eigenvalue weighted by molar-refractivity contribution is 4.87. The van der Waals surface area contributed by atoms with E-state index >= 15 is 0 Å². The van der Waals surface area contributed by atoms with Crippen LogP contribution < -0.4 is 0 Å². The first-order valence-electron chi connectivity index (χ1n) is 4.69. The number of ether oxygens (including phenoxy) is 2. The van der Waals surface area contributed by atoms with E-state index in [0.29, 0.717) is 5.92 Å². The maximum atomic E-state index is 5.70. The van der Waals surface area contributed by atoms with Crippen molar-refractivity contribution in [3.8, 4) is 0 Å². The average Bonchev–Trinajstić information content (AvgIpc) is 2.48. The zero-order valence-corrected chi connectivity index (χ0v) is 7.88. The highest BCUT2D eigenvalue weighted by Crippen LogP contribution is 2.34. The van der Waals surface area contributed by atoms with E-state index in [-0.39, 0.29) is 5.79 Å². The second kappa shape index (κ2) is 2.98. The second-order valence-corrected chi connectivity index (χ2v) is 3.94. The monoisotopic (exact) mass is 171 g/mol. The van der Waals surface area contributed by atoms with Crippen LogP contribution >= 0.6 is 0 Å². The maximum absolute atomic E-state index is 5.70. The van der Waals surface area contributed by atoms with Crippen LogP contribution in [0.15, 0.2) is 0 Å². The van der Waals surface area contributed by atoms with Gasteiger partial charge in [-0.25, -0.2) is 0 Å². The minimum absolute atomic E-state index is 0.271. The van der Waals surface area contributed by atoms with Gasteiger partial charge in [-0.1, -0.05) is 6.92 Å². The van der Waals surface area contributed by atoms with Crippen LogP contribution in [0.25, 0.3) is 0 Å². The zero-order chi connectivity index (χ0) is 8.60. The van der Waals surface area contributed by atoms with Gasteiger partial charge in [0.2, 0.25) is 0 Å². The fourth-order valence-corrected chi connectivity index (χ4v) is 2.09. The Balaban J connectivity index is 2.09. The summed E-state index contributed by atoms with van der Waals surface area (Å²) in [5.41, 5.74) is 0. The zero-order valence-electron chi connectivity index (χ0n) is 7.88. The topological polar surface area (TPSA) is 21.7 Å². The summed E-state index contributed by atoms with van der Waals surface area (Å²) in [4.78, 5) is 2.28. The van der Waals surface area contributed by atoms with Gasteiger partial charge in [0.25, 0.3) is 0 Å². The molecule has 1 unspecified atom stereocenters. The van der Waals surface area contributed by atoms with Gasteiger partial charge in [-0.2, -0.15) is 0 Å². The molecular weight excluding hydrogens is 154 g/mol. The molecule has 0 amide bonds. The molecule has 70 valence electrons. The first kappa shape index (κ1) is 8.48. The van der Waals surface area contributed by atoms with Crippen molar-refractivity contribution in [2.45, 2.75) is 19.1 Å². The van der Waals surface area contributed by atoms with Crippen molar-refractivity contribution in [1.29, 1.82) is 0 Å². The van der Waals surface area contributed by atoms with Gasteiger partial charge in [0, 0.05) is 5.92 Å². The van der Waals surface area contributed by atoms with Crippen LogP contribution in [-0.4, -0.2) is 44.0 Å². The van der Waals surface area contributed by atoms with Gasteiger partial charge in [0.05, 0.1) is 19.8 Å². The van der Waals surface area contributed by atoms with Gasteiger partial charge in [-0.15, -0.1) is 0 Å². The van der Waals surface area contributed by atoms with Crippen molar-refractivity contribution in [3.05, 3.63) is 0 Å². The average molecular weight is 171 g/mol. The lowest BCUT2D eigenvalue weighted by Gasteiger charge is -2.41. The first-order chi connectivity index (χ1) is 5.73. The molecule has 0 aliphatic carbocycles. The molecule has 2 fully saturated rings. The summed E-state index contributed by atoms with van der Waals surface area (Å²) in [6.07, 6.45) is 1.18. The molecule has 0 aromatic carbocycles. The molecule has 12 heavy (non-hydrogen) atoms. The number of likely N-dealkylation sites (tertiary alicyclic amines) is 1. The predicted molar refractivity (Wildman–Crippen MR) is 45.9 cm³/mol. The Kier molecular flexibility index (Phi) is 2.10. The van der Waals surface area contributed by atoms with Crippen molar-refractivity contribution in [1.82, 2.24) is 4.90 Å². The SMILES string of the molecule is CC1CCN(C)CC12OCCO2. The molecule has 2 rings (SSSR count). The Hall–Kier alpha value is -0.120. The van der Waals surface area contributed by atoms with Crippen LogP contribution in [0, 0.1) is 5.92 Å². The Morgan fingerprint density at radius 3 is 2.67 bits per heavy atom. The van der Waals surface area contributed by atoms with Crippen LogP contribution in [0.1, 0.15) is 13.3 Å². The van der Waals surface area contributed by atoms with Gasteiger partial charge in [0.1, 0.15) is 0 Å². The molecule has 3 nitrogen and oxygen atoms in total. The third kappa shape index (κ3) is 1.26. The molecule has 2 aliphatic heterocycles. The van der Waals surface area contributed by atoms with Gasteiger partial charge in [-0.05, 0) is 20.0 Å². The molecule has 3 heteroatoms. The van der Waals surface area contributed by atoms with Crippen LogP contribution in [0.3, 0.4) is 0 Å². The van der Waals surface area contributed by atoms with Gasteiger partial charge < -0.3 is 14.4 Å². The molecule has 2 saturated heterocycles. The van der Waals surface area contributed by atoms with Crippen molar-refractivity contribution in [2.75, 3.05) is 33.4 Å². The van der Waals surface area contributed by atoms with E-state index in [9.17, 15) is 0 Å². The van der Waals surface area contributed by atoms with E-state index in [0.717, 1.165) is 26.3 Å². The normalized spacial score (nSPS) is 36.0. The smallest absolute Gasteiger partial charge is 0.183 e. The number of nitrogens with zero attached hydrogens (tertiary/aromatic N) is 1. The second-order valence-electron chi connectivity index (χ2n) is 3.94. The fourth-order valence-electron chi connectivity index (χ4n) is 2.09. The van der Waals surface area contributed by atoms with Gasteiger partial charge in [-0.3, -0.25) is 0 Å². The van der Waals surface area contributed by atoms with Crippen molar-refractivity contribution in [2.24, 2.45) is 5.92 Å². The highest BCUT2D eigenvalue weighted by Gasteiger charge is 2.45. The summed E-state index contributed by atoms with van der Waals surface area (Å²) in [7, 11) is 2.12. The minimum atomic E-state index is -0.271. The summed E-state index contributed by atoms with van der Waals surface area (Å²) in [6, 6.07) is 0. The number of likely N-dealkylation sites (N-methyl/N-ethyl adjacent to an activating group) is 1. The van der Waals surface area contributed by atoms with E-state index in [1.165, 1.54) is 6.42 Å². The largest absolute Gasteiger partial charge is 0.346 e. The number of hydrogen-bond donors (Lipinski definition) is 0. The van der Waals surface area contributed by atoms with E-state index in [1.54, 1.807) is 0 Å². The van der Waals surface area contributed by atoms with E-state index in [4.69, 9.17) is 9.47 Å². The summed E-state index contributed by atoms with van der Waals surface area (Å²) in [6.45, 7) is 5.83. The molecule has 1 spiro atoms. The maximum Gasteiger partial charge on any atom is 0.183 e. The lowest BCUT2D eigenvalue weighted by atomic mass is 9.92. The molecular formula is C9H17NO2. The first-order valence-corrected chi connectivity index (χ1v) is 4.69. The minimum Gasteiger partial charge on any atom is -0.346 e. The van der Waals surface area contributed by atoms with Gasteiger partial charge >= 0.3 is 0 Å². The lowest BCUT2D eigenvalue weighted by Crippen LogP contribution is -2.52. The molecule has 0 radical (unpaired) electrons. The van der Waals surface area contributed by atoms with Crippen molar-refractivity contribution >= 4 is 0 Å². The Bertz CT molecular complexity index is 166. The molecule has 0 N–H and O–H groups in total. The Morgan fingerprint density at radius 2 is 2.00 bits per heavy atom. The molecule has 0 aromatic rings. The van der Waals surface area contributed by atoms with Crippen LogP contribution in [0.4, 0.5) is 0 Å². The molecule has 1 atom stereocenters.